The number of nitrogens with one attached hydrogen (secondary N) is 1. The fourth-order valence-electron chi connectivity index (χ4n) is 1.01. The molecule has 0 radical (unpaired) electrons. The normalized spacial score (nSPS) is 11.1. The van der Waals surface area contributed by atoms with Gasteiger partial charge in [-0.2, -0.15) is 0 Å². The Morgan fingerprint density at radius 1 is 1.53 bits per heavy atom. The van der Waals surface area contributed by atoms with Gasteiger partial charge >= 0.3 is 5.97 Å². The van der Waals surface area contributed by atoms with Crippen LogP contribution in [-0.4, -0.2) is 33.3 Å². The Morgan fingerprint density at radius 2 is 2.20 bits per heavy atom. The van der Waals surface area contributed by atoms with Crippen LogP contribution >= 0.6 is 0 Å². The SMILES string of the molecule is CC(C)(CO)Nc1cccc(C(=O)O)n1. The van der Waals surface area contributed by atoms with Crippen LogP contribution in [0.3, 0.4) is 0 Å². The highest BCUT2D eigenvalue weighted by Gasteiger charge is 2.16. The van der Waals surface area contributed by atoms with Crippen LogP contribution in [-0.2, 0) is 0 Å². The lowest BCUT2D eigenvalue weighted by atomic mass is 10.1. The second kappa shape index (κ2) is 4.27. The molecule has 0 aliphatic carbocycles. The third kappa shape index (κ3) is 3.21. The number of aliphatic hydroxyl groups is 1. The number of aliphatic hydroxyl groups excluding tert-OH is 1. The van der Waals surface area contributed by atoms with Crippen molar-refractivity contribution in [3.8, 4) is 0 Å². The van der Waals surface area contributed by atoms with Gasteiger partial charge in [0.15, 0.2) is 5.69 Å². The zero-order chi connectivity index (χ0) is 11.5. The van der Waals surface area contributed by atoms with Crippen LogP contribution in [0.4, 0.5) is 5.82 Å². The molecule has 0 unspecified atom stereocenters. The minimum absolute atomic E-state index is 0.0197. The molecule has 0 atom stereocenters. The summed E-state index contributed by atoms with van der Waals surface area (Å²) in [5, 5.41) is 20.7. The predicted molar refractivity (Wildman–Crippen MR) is 56.0 cm³/mol. The fourth-order valence-corrected chi connectivity index (χ4v) is 1.01. The zero-order valence-corrected chi connectivity index (χ0v) is 8.69. The molecule has 1 aromatic heterocycles. The molecule has 0 saturated heterocycles. The van der Waals surface area contributed by atoms with Gasteiger partial charge in [-0.05, 0) is 26.0 Å². The van der Waals surface area contributed by atoms with E-state index in [4.69, 9.17) is 10.2 Å². The number of aromatic nitrogens is 1. The predicted octanol–water partition coefficient (Wildman–Crippen LogP) is 0.963. The monoisotopic (exact) mass is 210 g/mol. The van der Waals surface area contributed by atoms with E-state index in [1.807, 2.05) is 0 Å². The van der Waals surface area contributed by atoms with E-state index < -0.39 is 11.5 Å². The summed E-state index contributed by atoms with van der Waals surface area (Å²) in [7, 11) is 0. The number of pyridine rings is 1. The molecule has 0 aliphatic rings. The second-order valence-corrected chi connectivity index (χ2v) is 3.88. The van der Waals surface area contributed by atoms with Crippen molar-refractivity contribution in [2.24, 2.45) is 0 Å². The molecule has 1 heterocycles. The Morgan fingerprint density at radius 3 is 2.73 bits per heavy atom. The number of nitrogens with zero attached hydrogens (tertiary/aromatic N) is 1. The van der Waals surface area contributed by atoms with E-state index in [-0.39, 0.29) is 12.3 Å². The van der Waals surface area contributed by atoms with Gasteiger partial charge in [0.2, 0.25) is 0 Å². The van der Waals surface area contributed by atoms with Crippen LogP contribution in [0.25, 0.3) is 0 Å². The largest absolute Gasteiger partial charge is 0.477 e. The third-order valence-corrected chi connectivity index (χ3v) is 1.83. The summed E-state index contributed by atoms with van der Waals surface area (Å²) in [6, 6.07) is 4.68. The molecule has 0 fully saturated rings. The van der Waals surface area contributed by atoms with Crippen molar-refractivity contribution in [2.45, 2.75) is 19.4 Å². The van der Waals surface area contributed by atoms with E-state index in [0.717, 1.165) is 0 Å². The van der Waals surface area contributed by atoms with E-state index in [0.29, 0.717) is 5.82 Å². The highest BCUT2D eigenvalue weighted by Crippen LogP contribution is 2.12. The Hall–Kier alpha value is -1.62. The van der Waals surface area contributed by atoms with E-state index in [1.165, 1.54) is 6.07 Å². The molecule has 0 amide bonds. The first kappa shape index (κ1) is 11.5. The van der Waals surface area contributed by atoms with E-state index in [9.17, 15) is 4.79 Å². The number of carboxylic acids is 1. The summed E-state index contributed by atoms with van der Waals surface area (Å²) in [4.78, 5) is 14.5. The molecule has 3 N–H and O–H groups in total. The Kier molecular flexibility index (Phi) is 3.26. The maximum absolute atomic E-state index is 10.6. The molecular formula is C10H14N2O3. The molecule has 0 bridgehead atoms. The van der Waals surface area contributed by atoms with Gasteiger partial charge in [0.1, 0.15) is 5.82 Å². The molecule has 0 spiro atoms. The summed E-state index contributed by atoms with van der Waals surface area (Å²) in [6.45, 7) is 3.52. The maximum Gasteiger partial charge on any atom is 0.354 e. The van der Waals surface area contributed by atoms with Crippen molar-refractivity contribution < 1.29 is 15.0 Å². The minimum Gasteiger partial charge on any atom is -0.477 e. The molecule has 15 heavy (non-hydrogen) atoms. The number of rotatable bonds is 4. The first-order chi connectivity index (χ1) is 6.94. The smallest absolute Gasteiger partial charge is 0.354 e. The van der Waals surface area contributed by atoms with E-state index in [1.54, 1.807) is 26.0 Å². The van der Waals surface area contributed by atoms with Gasteiger partial charge in [0.05, 0.1) is 12.1 Å². The zero-order valence-electron chi connectivity index (χ0n) is 8.69. The van der Waals surface area contributed by atoms with Gasteiger partial charge in [0, 0.05) is 0 Å². The summed E-state index contributed by atoms with van der Waals surface area (Å²) in [5.41, 5.74) is -0.543. The van der Waals surface area contributed by atoms with Gasteiger partial charge in [-0.3, -0.25) is 0 Å². The molecule has 82 valence electrons. The Bertz CT molecular complexity index is 363. The highest BCUT2D eigenvalue weighted by atomic mass is 16.4. The van der Waals surface area contributed by atoms with Crippen LogP contribution in [0.15, 0.2) is 18.2 Å². The van der Waals surface area contributed by atoms with Crippen LogP contribution in [0.5, 0.6) is 0 Å². The van der Waals surface area contributed by atoms with Crippen LogP contribution in [0.1, 0.15) is 24.3 Å². The number of hydrogen-bond donors (Lipinski definition) is 3. The summed E-state index contributed by atoms with van der Waals surface area (Å²) < 4.78 is 0. The van der Waals surface area contributed by atoms with Crippen LogP contribution < -0.4 is 5.32 Å². The van der Waals surface area contributed by atoms with Crippen molar-refractivity contribution in [1.82, 2.24) is 4.98 Å². The molecule has 0 saturated carbocycles. The summed E-state index contributed by atoms with van der Waals surface area (Å²) in [6.07, 6.45) is 0. The fraction of sp³-hybridized carbons (Fsp3) is 0.400. The van der Waals surface area contributed by atoms with Crippen molar-refractivity contribution in [2.75, 3.05) is 11.9 Å². The average Bonchev–Trinajstić information content (AvgIpc) is 2.17. The number of carboxylic acid groups (broad SMARTS) is 1. The van der Waals surface area contributed by atoms with E-state index >= 15 is 0 Å². The lowest BCUT2D eigenvalue weighted by molar-refractivity contribution is 0.0690. The third-order valence-electron chi connectivity index (χ3n) is 1.83. The van der Waals surface area contributed by atoms with Crippen molar-refractivity contribution in [1.29, 1.82) is 0 Å². The number of carbonyl (C=O) groups is 1. The molecule has 0 aromatic carbocycles. The molecule has 1 aromatic rings. The molecular weight excluding hydrogens is 196 g/mol. The van der Waals surface area contributed by atoms with Gasteiger partial charge in [-0.15, -0.1) is 0 Å². The minimum atomic E-state index is -1.07. The first-order valence-electron chi connectivity index (χ1n) is 4.54. The summed E-state index contributed by atoms with van der Waals surface area (Å²) >= 11 is 0. The molecule has 0 aliphatic heterocycles. The number of aromatic carboxylic acids is 1. The highest BCUT2D eigenvalue weighted by molar-refractivity contribution is 5.85. The molecule has 5 nitrogen and oxygen atoms in total. The maximum atomic E-state index is 10.6. The Labute approximate surface area is 87.8 Å². The van der Waals surface area contributed by atoms with E-state index in [2.05, 4.69) is 10.3 Å². The van der Waals surface area contributed by atoms with Gasteiger partial charge in [-0.25, -0.2) is 9.78 Å². The topological polar surface area (TPSA) is 82.5 Å². The second-order valence-electron chi connectivity index (χ2n) is 3.88. The van der Waals surface area contributed by atoms with Gasteiger partial charge in [0.25, 0.3) is 0 Å². The molecule has 5 heteroatoms. The Balaban J connectivity index is 2.87. The van der Waals surface area contributed by atoms with Gasteiger partial charge < -0.3 is 15.5 Å². The summed E-state index contributed by atoms with van der Waals surface area (Å²) in [5.74, 6) is -0.630. The van der Waals surface area contributed by atoms with Crippen molar-refractivity contribution in [3.05, 3.63) is 23.9 Å². The number of hydrogen-bond acceptors (Lipinski definition) is 4. The average molecular weight is 210 g/mol. The van der Waals surface area contributed by atoms with Crippen molar-refractivity contribution in [3.63, 3.8) is 0 Å². The van der Waals surface area contributed by atoms with Crippen LogP contribution in [0, 0.1) is 0 Å². The van der Waals surface area contributed by atoms with Gasteiger partial charge in [-0.1, -0.05) is 6.07 Å². The standard InChI is InChI=1S/C10H14N2O3/c1-10(2,6-13)12-8-5-3-4-7(11-8)9(14)15/h3-5,13H,6H2,1-2H3,(H,11,12)(H,14,15). The lowest BCUT2D eigenvalue weighted by Crippen LogP contribution is -2.35. The quantitative estimate of drug-likeness (QED) is 0.689. The number of anilines is 1. The van der Waals surface area contributed by atoms with Crippen LogP contribution in [0.2, 0.25) is 0 Å². The first-order valence-corrected chi connectivity index (χ1v) is 4.54. The van der Waals surface area contributed by atoms with Crippen molar-refractivity contribution >= 4 is 11.8 Å². The molecule has 1 rings (SSSR count). The lowest BCUT2D eigenvalue weighted by Gasteiger charge is -2.24.